The van der Waals surface area contributed by atoms with Crippen molar-refractivity contribution in [1.82, 2.24) is 0 Å². The molecular weight excluding hydrogens is 198 g/mol. The largest absolute Gasteiger partial charge is 0.366 e. The van der Waals surface area contributed by atoms with Crippen molar-refractivity contribution in [2.45, 2.75) is 38.5 Å². The number of carbonyl (C=O) groups excluding carboxylic acids is 1. The van der Waals surface area contributed by atoms with E-state index in [2.05, 4.69) is 13.0 Å². The molecule has 0 aromatic heterocycles. The fourth-order valence-electron chi connectivity index (χ4n) is 2.65. The quantitative estimate of drug-likeness (QED) is 0.812. The van der Waals surface area contributed by atoms with Crippen molar-refractivity contribution in [3.8, 4) is 0 Å². The number of carbonyl (C=O) groups is 1. The number of hydrogen-bond acceptors (Lipinski definition) is 1. The minimum atomic E-state index is -0.297. The second kappa shape index (κ2) is 4.69. The van der Waals surface area contributed by atoms with Gasteiger partial charge in [-0.3, -0.25) is 4.79 Å². The summed E-state index contributed by atoms with van der Waals surface area (Å²) in [7, 11) is 0. The highest BCUT2D eigenvalue weighted by Gasteiger charge is 2.22. The van der Waals surface area contributed by atoms with Crippen LogP contribution in [0.5, 0.6) is 0 Å². The van der Waals surface area contributed by atoms with Gasteiger partial charge in [0.05, 0.1) is 0 Å². The molecule has 1 amide bonds. The van der Waals surface area contributed by atoms with Crippen LogP contribution < -0.4 is 5.73 Å². The van der Waals surface area contributed by atoms with Crippen LogP contribution in [0.25, 0.3) is 0 Å². The summed E-state index contributed by atoms with van der Waals surface area (Å²) < 4.78 is 0. The number of benzene rings is 1. The Balaban J connectivity index is 2.23. The number of hydrogen-bond donors (Lipinski definition) is 1. The van der Waals surface area contributed by atoms with Crippen molar-refractivity contribution in [2.24, 2.45) is 11.7 Å². The summed E-state index contributed by atoms with van der Waals surface area (Å²) in [5.41, 5.74) is 7.27. The normalized spacial score (nSPS) is 25.3. The molecule has 2 rings (SSSR count). The van der Waals surface area contributed by atoms with Crippen LogP contribution in [0.2, 0.25) is 0 Å². The predicted octanol–water partition coefficient (Wildman–Crippen LogP) is 3.08. The third kappa shape index (κ3) is 2.26. The van der Waals surface area contributed by atoms with Crippen LogP contribution in [0.15, 0.2) is 24.3 Å². The Bertz CT molecular complexity index is 378. The molecule has 0 unspecified atom stereocenters. The molecule has 1 saturated carbocycles. The number of rotatable bonds is 2. The number of amides is 1. The minimum Gasteiger partial charge on any atom is -0.366 e. The topological polar surface area (TPSA) is 43.1 Å². The van der Waals surface area contributed by atoms with E-state index in [-0.39, 0.29) is 5.91 Å². The van der Waals surface area contributed by atoms with Gasteiger partial charge in [0.1, 0.15) is 0 Å². The van der Waals surface area contributed by atoms with Crippen molar-refractivity contribution in [3.05, 3.63) is 35.4 Å². The summed E-state index contributed by atoms with van der Waals surface area (Å²) in [6, 6.07) is 7.78. The first-order valence-corrected chi connectivity index (χ1v) is 6.07. The molecule has 1 aromatic carbocycles. The highest BCUT2D eigenvalue weighted by atomic mass is 16.1. The molecule has 16 heavy (non-hydrogen) atoms. The van der Waals surface area contributed by atoms with Crippen LogP contribution in [0.1, 0.15) is 54.4 Å². The molecule has 0 aliphatic heterocycles. The molecule has 1 aliphatic rings. The molecule has 0 saturated heterocycles. The highest BCUT2D eigenvalue weighted by Crippen LogP contribution is 2.36. The van der Waals surface area contributed by atoms with E-state index in [4.69, 9.17) is 5.73 Å². The number of primary amides is 1. The lowest BCUT2D eigenvalue weighted by molar-refractivity contribution is 0.0998. The van der Waals surface area contributed by atoms with Crippen LogP contribution in [0.3, 0.4) is 0 Å². The zero-order valence-corrected chi connectivity index (χ0v) is 9.78. The maximum atomic E-state index is 11.4. The van der Waals surface area contributed by atoms with Gasteiger partial charge in [-0.25, -0.2) is 0 Å². The van der Waals surface area contributed by atoms with E-state index in [0.29, 0.717) is 11.5 Å². The lowest BCUT2D eigenvalue weighted by Gasteiger charge is -2.27. The fraction of sp³-hybridized carbons (Fsp3) is 0.500. The van der Waals surface area contributed by atoms with E-state index >= 15 is 0 Å². The summed E-state index contributed by atoms with van der Waals surface area (Å²) in [4.78, 5) is 11.4. The average Bonchev–Trinajstić information content (AvgIpc) is 2.30. The van der Waals surface area contributed by atoms with Crippen molar-refractivity contribution in [2.75, 3.05) is 0 Å². The van der Waals surface area contributed by atoms with E-state index in [0.717, 1.165) is 11.5 Å². The first kappa shape index (κ1) is 11.2. The van der Waals surface area contributed by atoms with Crippen molar-refractivity contribution in [1.29, 1.82) is 0 Å². The van der Waals surface area contributed by atoms with Crippen molar-refractivity contribution < 1.29 is 4.79 Å². The number of nitrogens with two attached hydrogens (primary N) is 1. The second-order valence-corrected chi connectivity index (χ2v) is 4.91. The van der Waals surface area contributed by atoms with Crippen LogP contribution in [-0.2, 0) is 0 Å². The SMILES string of the molecule is CC1CCC(c2ccccc2C(N)=O)CC1. The smallest absolute Gasteiger partial charge is 0.248 e. The molecule has 0 spiro atoms. The lowest BCUT2D eigenvalue weighted by atomic mass is 9.78. The molecule has 86 valence electrons. The fourth-order valence-corrected chi connectivity index (χ4v) is 2.65. The minimum absolute atomic E-state index is 0.297. The van der Waals surface area contributed by atoms with Gasteiger partial charge in [-0.05, 0) is 36.3 Å². The molecule has 0 heterocycles. The Kier molecular flexibility index (Phi) is 3.28. The Hall–Kier alpha value is -1.31. The van der Waals surface area contributed by atoms with Gasteiger partial charge in [-0.15, -0.1) is 0 Å². The van der Waals surface area contributed by atoms with Gasteiger partial charge < -0.3 is 5.73 Å². The molecule has 0 atom stereocenters. The molecular formula is C14H19NO. The van der Waals surface area contributed by atoms with Gasteiger partial charge in [0, 0.05) is 5.56 Å². The molecule has 0 bridgehead atoms. The summed E-state index contributed by atoms with van der Waals surface area (Å²) >= 11 is 0. The summed E-state index contributed by atoms with van der Waals surface area (Å²) in [6.45, 7) is 2.30. The molecule has 2 heteroatoms. The van der Waals surface area contributed by atoms with Crippen molar-refractivity contribution >= 4 is 5.91 Å². The van der Waals surface area contributed by atoms with E-state index in [1.807, 2.05) is 18.2 Å². The third-order valence-electron chi connectivity index (χ3n) is 3.68. The van der Waals surface area contributed by atoms with E-state index in [9.17, 15) is 4.79 Å². The molecule has 2 N–H and O–H groups in total. The maximum Gasteiger partial charge on any atom is 0.248 e. The van der Waals surface area contributed by atoms with E-state index in [1.165, 1.54) is 25.7 Å². The van der Waals surface area contributed by atoms with Crippen LogP contribution in [0, 0.1) is 5.92 Å². The average molecular weight is 217 g/mol. The lowest BCUT2D eigenvalue weighted by Crippen LogP contribution is -2.18. The van der Waals surface area contributed by atoms with Gasteiger partial charge in [-0.2, -0.15) is 0 Å². The molecule has 1 aromatic rings. The first-order valence-electron chi connectivity index (χ1n) is 6.07. The Morgan fingerprint density at radius 2 is 1.81 bits per heavy atom. The van der Waals surface area contributed by atoms with Crippen LogP contribution in [-0.4, -0.2) is 5.91 Å². The molecule has 2 nitrogen and oxygen atoms in total. The van der Waals surface area contributed by atoms with Gasteiger partial charge in [-0.1, -0.05) is 38.0 Å². The highest BCUT2D eigenvalue weighted by molar-refractivity contribution is 5.94. The standard InChI is InChI=1S/C14H19NO/c1-10-6-8-11(9-7-10)12-4-2-3-5-13(12)14(15)16/h2-5,10-11H,6-9H2,1H3,(H2,15,16). The van der Waals surface area contributed by atoms with E-state index in [1.54, 1.807) is 0 Å². The first-order chi connectivity index (χ1) is 7.68. The van der Waals surface area contributed by atoms with Crippen LogP contribution in [0.4, 0.5) is 0 Å². The molecule has 1 fully saturated rings. The Morgan fingerprint density at radius 3 is 2.44 bits per heavy atom. The zero-order chi connectivity index (χ0) is 11.5. The molecule has 1 aliphatic carbocycles. The van der Waals surface area contributed by atoms with Gasteiger partial charge in [0.2, 0.25) is 5.91 Å². The van der Waals surface area contributed by atoms with Crippen LogP contribution >= 0.6 is 0 Å². The second-order valence-electron chi connectivity index (χ2n) is 4.91. The van der Waals surface area contributed by atoms with Gasteiger partial charge in [0.25, 0.3) is 0 Å². The summed E-state index contributed by atoms with van der Waals surface area (Å²) in [6.07, 6.45) is 4.90. The Labute approximate surface area is 96.8 Å². The van der Waals surface area contributed by atoms with Gasteiger partial charge in [0.15, 0.2) is 0 Å². The van der Waals surface area contributed by atoms with Crippen molar-refractivity contribution in [3.63, 3.8) is 0 Å². The summed E-state index contributed by atoms with van der Waals surface area (Å²) in [5, 5.41) is 0. The maximum absolute atomic E-state index is 11.4. The predicted molar refractivity (Wildman–Crippen MR) is 65.3 cm³/mol. The third-order valence-corrected chi connectivity index (χ3v) is 3.68. The van der Waals surface area contributed by atoms with Gasteiger partial charge >= 0.3 is 0 Å². The summed E-state index contributed by atoms with van der Waals surface area (Å²) in [5.74, 6) is 1.06. The Morgan fingerprint density at radius 1 is 1.19 bits per heavy atom. The monoisotopic (exact) mass is 217 g/mol. The molecule has 0 radical (unpaired) electrons. The van der Waals surface area contributed by atoms with E-state index < -0.39 is 0 Å². The zero-order valence-electron chi connectivity index (χ0n) is 9.78.